The molecule has 3 aromatic rings. The van der Waals surface area contributed by atoms with Crippen LogP contribution in [0.25, 0.3) is 10.2 Å². The predicted octanol–water partition coefficient (Wildman–Crippen LogP) is 3.81. The van der Waals surface area contributed by atoms with Crippen LogP contribution in [0.3, 0.4) is 0 Å². The van der Waals surface area contributed by atoms with E-state index < -0.39 is 6.10 Å². The van der Waals surface area contributed by atoms with Crippen LogP contribution in [0, 0.1) is 0 Å². The van der Waals surface area contributed by atoms with Crippen LogP contribution in [0.1, 0.15) is 22.4 Å². The van der Waals surface area contributed by atoms with E-state index in [4.69, 9.17) is 16.3 Å². The van der Waals surface area contributed by atoms with Crippen LogP contribution in [0.2, 0.25) is 5.02 Å². The summed E-state index contributed by atoms with van der Waals surface area (Å²) in [5.74, 6) is 0.402. The predicted molar refractivity (Wildman–Crippen MR) is 115 cm³/mol. The average Bonchev–Trinajstić information content (AvgIpc) is 3.26. The second-order valence-electron chi connectivity index (χ2n) is 6.87. The fourth-order valence-electron chi connectivity index (χ4n) is 3.37. The van der Waals surface area contributed by atoms with Crippen molar-refractivity contribution < 1.29 is 9.84 Å². The highest BCUT2D eigenvalue weighted by Crippen LogP contribution is 2.35. The fourth-order valence-corrected chi connectivity index (χ4v) is 5.74. The van der Waals surface area contributed by atoms with E-state index in [0.717, 1.165) is 35.0 Å². The zero-order chi connectivity index (χ0) is 19.7. The zero-order valence-corrected chi connectivity index (χ0v) is 17.9. The Morgan fingerprint density at radius 2 is 2.21 bits per heavy atom. The van der Waals surface area contributed by atoms with Crippen LogP contribution >= 0.6 is 34.7 Å². The van der Waals surface area contributed by atoms with Crippen LogP contribution in [0.4, 0.5) is 0 Å². The number of aromatic nitrogens is 2. The fraction of sp³-hybridized carbons (Fsp3) is 0.400. The van der Waals surface area contributed by atoms with Crippen LogP contribution < -0.4 is 5.56 Å². The summed E-state index contributed by atoms with van der Waals surface area (Å²) in [5.41, 5.74) is 2.10. The van der Waals surface area contributed by atoms with E-state index in [9.17, 15) is 9.90 Å². The van der Waals surface area contributed by atoms with E-state index in [-0.39, 0.29) is 12.2 Å². The molecule has 0 saturated heterocycles. The second kappa shape index (κ2) is 8.55. The standard InChI is InChI=1S/C20H21ClN2O3S2/c1-23-19(25)17-14-6-4-8-16(14)28-18(17)22-20(23)27-11-13(24)10-26-9-12-5-2-3-7-15(12)21/h2-3,5,7,13,24H,4,6,8-11H2,1H3/t13-/m0/s1. The highest BCUT2D eigenvalue weighted by Gasteiger charge is 2.22. The Balaban J connectivity index is 1.38. The third kappa shape index (κ3) is 4.00. The number of hydrogen-bond acceptors (Lipinski definition) is 6. The summed E-state index contributed by atoms with van der Waals surface area (Å²) in [4.78, 5) is 19.6. The topological polar surface area (TPSA) is 64.3 Å². The molecule has 1 atom stereocenters. The largest absolute Gasteiger partial charge is 0.390 e. The molecule has 1 aromatic carbocycles. The molecule has 5 nitrogen and oxygen atoms in total. The number of hydrogen-bond donors (Lipinski definition) is 1. The van der Waals surface area contributed by atoms with Crippen molar-refractivity contribution in [2.24, 2.45) is 7.05 Å². The maximum atomic E-state index is 12.8. The van der Waals surface area contributed by atoms with Crippen LogP contribution in [0.15, 0.2) is 34.2 Å². The van der Waals surface area contributed by atoms with E-state index in [0.29, 0.717) is 22.5 Å². The second-order valence-corrected chi connectivity index (χ2v) is 9.35. The minimum absolute atomic E-state index is 0.0105. The molecule has 2 aromatic heterocycles. The number of aliphatic hydroxyl groups is 1. The van der Waals surface area contributed by atoms with Gasteiger partial charge in [0.2, 0.25) is 0 Å². The van der Waals surface area contributed by atoms with Crippen molar-refractivity contribution in [1.29, 1.82) is 0 Å². The van der Waals surface area contributed by atoms with Crippen molar-refractivity contribution >= 4 is 44.9 Å². The highest BCUT2D eigenvalue weighted by molar-refractivity contribution is 7.99. The lowest BCUT2D eigenvalue weighted by molar-refractivity contribution is 0.0398. The minimum atomic E-state index is -0.659. The summed E-state index contributed by atoms with van der Waals surface area (Å²) >= 11 is 9.11. The van der Waals surface area contributed by atoms with Gasteiger partial charge in [0.15, 0.2) is 5.16 Å². The van der Waals surface area contributed by atoms with Gasteiger partial charge in [0.25, 0.3) is 5.56 Å². The van der Waals surface area contributed by atoms with Crippen molar-refractivity contribution in [3.05, 3.63) is 55.6 Å². The molecule has 8 heteroatoms. The first-order valence-corrected chi connectivity index (χ1v) is 11.4. The van der Waals surface area contributed by atoms with Crippen molar-refractivity contribution in [1.82, 2.24) is 9.55 Å². The Kier molecular flexibility index (Phi) is 6.08. The van der Waals surface area contributed by atoms with E-state index in [1.165, 1.54) is 22.2 Å². The number of rotatable bonds is 7. The monoisotopic (exact) mass is 436 g/mol. The SMILES string of the molecule is Cn1c(SC[C@@H](O)COCc2ccccc2Cl)nc2sc3c(c2c1=O)CCC3. The summed E-state index contributed by atoms with van der Waals surface area (Å²) in [7, 11) is 1.75. The van der Waals surface area contributed by atoms with E-state index in [1.807, 2.05) is 24.3 Å². The molecule has 28 heavy (non-hydrogen) atoms. The van der Waals surface area contributed by atoms with Gasteiger partial charge < -0.3 is 9.84 Å². The lowest BCUT2D eigenvalue weighted by atomic mass is 10.2. The molecule has 2 heterocycles. The first-order chi connectivity index (χ1) is 13.5. The molecular formula is C20H21ClN2O3S2. The number of aliphatic hydroxyl groups excluding tert-OH is 1. The summed E-state index contributed by atoms with van der Waals surface area (Å²) in [6, 6.07) is 7.49. The molecule has 0 unspecified atom stereocenters. The lowest BCUT2D eigenvalue weighted by Gasteiger charge is -2.13. The van der Waals surface area contributed by atoms with Gasteiger partial charge in [-0.3, -0.25) is 9.36 Å². The first kappa shape index (κ1) is 19.9. The van der Waals surface area contributed by atoms with Gasteiger partial charge in [-0.2, -0.15) is 0 Å². The molecule has 1 aliphatic carbocycles. The molecule has 0 fully saturated rings. The number of ether oxygens (including phenoxy) is 1. The van der Waals surface area contributed by atoms with Crippen molar-refractivity contribution in [2.75, 3.05) is 12.4 Å². The Morgan fingerprint density at radius 1 is 1.39 bits per heavy atom. The molecule has 0 spiro atoms. The van der Waals surface area contributed by atoms with Crippen molar-refractivity contribution in [2.45, 2.75) is 37.1 Å². The number of thioether (sulfide) groups is 1. The quantitative estimate of drug-likeness (QED) is 0.450. The summed E-state index contributed by atoms with van der Waals surface area (Å²) < 4.78 is 7.17. The maximum absolute atomic E-state index is 12.8. The van der Waals surface area contributed by atoms with Gasteiger partial charge in [-0.1, -0.05) is 41.6 Å². The number of aryl methyl sites for hydroxylation is 2. The van der Waals surface area contributed by atoms with Gasteiger partial charge in [0, 0.05) is 22.7 Å². The van der Waals surface area contributed by atoms with Gasteiger partial charge in [-0.15, -0.1) is 11.3 Å². The number of benzene rings is 1. The molecule has 1 N–H and O–H groups in total. The molecule has 0 amide bonds. The molecule has 0 radical (unpaired) electrons. The first-order valence-electron chi connectivity index (χ1n) is 9.18. The molecule has 0 saturated carbocycles. The third-order valence-corrected chi connectivity index (χ3v) is 7.56. The third-order valence-electron chi connectivity index (χ3n) is 4.84. The van der Waals surface area contributed by atoms with Gasteiger partial charge in [-0.05, 0) is 36.5 Å². The van der Waals surface area contributed by atoms with Crippen molar-refractivity contribution in [3.63, 3.8) is 0 Å². The van der Waals surface area contributed by atoms with Gasteiger partial charge in [0.05, 0.1) is 24.7 Å². The summed E-state index contributed by atoms with van der Waals surface area (Å²) in [5, 5.41) is 12.3. The van der Waals surface area contributed by atoms with E-state index >= 15 is 0 Å². The Bertz CT molecular complexity index is 1060. The summed E-state index contributed by atoms with van der Waals surface area (Å²) in [6.45, 7) is 0.548. The smallest absolute Gasteiger partial charge is 0.262 e. The summed E-state index contributed by atoms with van der Waals surface area (Å²) in [6.07, 6.45) is 2.48. The molecule has 4 rings (SSSR count). The Labute approximate surface area is 176 Å². The molecule has 0 aliphatic heterocycles. The Hall–Kier alpha value is -1.38. The number of thiophene rings is 1. The molecule has 0 bridgehead atoms. The van der Waals surface area contributed by atoms with Gasteiger partial charge >= 0.3 is 0 Å². The molecular weight excluding hydrogens is 416 g/mol. The Morgan fingerprint density at radius 3 is 3.04 bits per heavy atom. The van der Waals surface area contributed by atoms with E-state index in [2.05, 4.69) is 4.98 Å². The number of halogens is 1. The van der Waals surface area contributed by atoms with Crippen molar-refractivity contribution in [3.8, 4) is 0 Å². The maximum Gasteiger partial charge on any atom is 0.262 e. The van der Waals surface area contributed by atoms with Gasteiger partial charge in [-0.25, -0.2) is 4.98 Å². The normalized spacial score (nSPS) is 14.5. The molecule has 148 valence electrons. The lowest BCUT2D eigenvalue weighted by Crippen LogP contribution is -2.22. The molecule has 1 aliphatic rings. The minimum Gasteiger partial charge on any atom is -0.390 e. The number of nitrogens with zero attached hydrogens (tertiary/aromatic N) is 2. The van der Waals surface area contributed by atoms with Gasteiger partial charge in [0.1, 0.15) is 4.83 Å². The van der Waals surface area contributed by atoms with Crippen LogP contribution in [-0.2, 0) is 31.2 Å². The van der Waals surface area contributed by atoms with Crippen LogP contribution in [0.5, 0.6) is 0 Å². The number of fused-ring (bicyclic) bond motifs is 3. The van der Waals surface area contributed by atoms with E-state index in [1.54, 1.807) is 23.0 Å². The van der Waals surface area contributed by atoms with Crippen LogP contribution in [-0.4, -0.2) is 33.1 Å². The highest BCUT2D eigenvalue weighted by atomic mass is 35.5. The average molecular weight is 437 g/mol. The zero-order valence-electron chi connectivity index (χ0n) is 15.5.